The lowest BCUT2D eigenvalue weighted by atomic mass is 10.3. The number of rotatable bonds is 5. The Labute approximate surface area is 109 Å². The van der Waals surface area contributed by atoms with Crippen molar-refractivity contribution in [3.63, 3.8) is 0 Å². The van der Waals surface area contributed by atoms with Crippen molar-refractivity contribution < 1.29 is 4.74 Å². The van der Waals surface area contributed by atoms with Crippen LogP contribution in [-0.4, -0.2) is 40.8 Å². The minimum Gasteiger partial charge on any atom is -0.378 e. The second kappa shape index (κ2) is 5.25. The van der Waals surface area contributed by atoms with Crippen LogP contribution in [0.1, 0.15) is 0 Å². The first-order valence-corrected chi connectivity index (χ1v) is 6.10. The van der Waals surface area contributed by atoms with Gasteiger partial charge in [0.1, 0.15) is 5.82 Å². The lowest BCUT2D eigenvalue weighted by Gasteiger charge is -2.31. The number of nitrogens with one attached hydrogen (secondary N) is 2. The van der Waals surface area contributed by atoms with Crippen molar-refractivity contribution in [2.75, 3.05) is 24.9 Å². The van der Waals surface area contributed by atoms with E-state index in [9.17, 15) is 4.79 Å². The van der Waals surface area contributed by atoms with Gasteiger partial charge in [0.2, 0.25) is 0 Å². The molecule has 2 aromatic heterocycles. The molecule has 0 amide bonds. The normalized spacial score (nSPS) is 15.2. The quantitative estimate of drug-likeness (QED) is 0.728. The zero-order valence-corrected chi connectivity index (χ0v) is 10.3. The number of anilines is 1. The third-order valence-corrected chi connectivity index (χ3v) is 2.99. The lowest BCUT2D eigenvalue weighted by Crippen LogP contribution is -2.52. The summed E-state index contributed by atoms with van der Waals surface area (Å²) < 4.78 is 6.66. The van der Waals surface area contributed by atoms with E-state index in [-0.39, 0.29) is 5.56 Å². The van der Waals surface area contributed by atoms with Crippen LogP contribution in [0.3, 0.4) is 0 Å². The molecule has 1 fully saturated rings. The molecule has 0 aliphatic carbocycles. The van der Waals surface area contributed by atoms with Crippen LogP contribution in [0.25, 0.3) is 0 Å². The highest BCUT2D eigenvalue weighted by molar-refractivity contribution is 5.35. The van der Waals surface area contributed by atoms with Crippen LogP contribution in [0.5, 0.6) is 0 Å². The summed E-state index contributed by atoms with van der Waals surface area (Å²) in [6.45, 7) is 1.92. The van der Waals surface area contributed by atoms with E-state index in [1.165, 1.54) is 6.07 Å². The molecule has 2 N–H and O–H groups in total. The maximum Gasteiger partial charge on any atom is 0.269 e. The molecule has 3 heterocycles. The first-order valence-electron chi connectivity index (χ1n) is 6.10. The van der Waals surface area contributed by atoms with Gasteiger partial charge in [-0.15, -0.1) is 0 Å². The van der Waals surface area contributed by atoms with Gasteiger partial charge in [-0.1, -0.05) is 6.07 Å². The fourth-order valence-electron chi connectivity index (χ4n) is 1.86. The van der Waals surface area contributed by atoms with Crippen molar-refractivity contribution in [1.82, 2.24) is 20.2 Å². The Kier molecular flexibility index (Phi) is 3.30. The summed E-state index contributed by atoms with van der Waals surface area (Å²) in [4.78, 5) is 11.9. The second-order valence-corrected chi connectivity index (χ2v) is 4.32. The van der Waals surface area contributed by atoms with E-state index in [0.717, 1.165) is 5.82 Å². The summed E-state index contributed by atoms with van der Waals surface area (Å²) in [5, 5.41) is 11.9. The molecule has 19 heavy (non-hydrogen) atoms. The fraction of sp³-hybridized carbons (Fsp3) is 0.333. The Hall–Kier alpha value is -2.12. The number of aromatic nitrogens is 3. The zero-order chi connectivity index (χ0) is 13.1. The second-order valence-electron chi connectivity index (χ2n) is 4.32. The predicted molar refractivity (Wildman–Crippen MR) is 69.8 cm³/mol. The number of H-pyrrole nitrogens is 1. The van der Waals surface area contributed by atoms with Crippen LogP contribution >= 0.6 is 0 Å². The van der Waals surface area contributed by atoms with Gasteiger partial charge in [-0.25, -0.2) is 9.69 Å². The predicted octanol–water partition coefficient (Wildman–Crippen LogP) is -0.213. The smallest absolute Gasteiger partial charge is 0.269 e. The molecule has 100 valence electrons. The van der Waals surface area contributed by atoms with Crippen LogP contribution in [-0.2, 0) is 4.74 Å². The monoisotopic (exact) mass is 261 g/mol. The van der Waals surface area contributed by atoms with E-state index < -0.39 is 0 Å². The Morgan fingerprint density at radius 1 is 1.47 bits per heavy atom. The van der Waals surface area contributed by atoms with Gasteiger partial charge in [0.25, 0.3) is 5.56 Å². The third-order valence-electron chi connectivity index (χ3n) is 2.99. The highest BCUT2D eigenvalue weighted by Gasteiger charge is 2.19. The van der Waals surface area contributed by atoms with Crippen molar-refractivity contribution in [3.05, 3.63) is 47.0 Å². The fourth-order valence-corrected chi connectivity index (χ4v) is 1.86. The summed E-state index contributed by atoms with van der Waals surface area (Å²) in [5.74, 6) is 0.751. The van der Waals surface area contributed by atoms with Crippen LogP contribution in [0, 0.1) is 0 Å². The van der Waals surface area contributed by atoms with Gasteiger partial charge in [0, 0.05) is 18.3 Å². The molecule has 0 atom stereocenters. The minimum atomic E-state index is -0.0937. The van der Waals surface area contributed by atoms with Crippen molar-refractivity contribution in [2.24, 2.45) is 0 Å². The highest BCUT2D eigenvalue weighted by atomic mass is 16.5. The van der Waals surface area contributed by atoms with Gasteiger partial charge in [0.15, 0.2) is 0 Å². The molecule has 0 spiro atoms. The number of hydrogen-bond acceptors (Lipinski definition) is 5. The van der Waals surface area contributed by atoms with Crippen LogP contribution in [0.2, 0.25) is 0 Å². The molecule has 0 unspecified atom stereocenters. The lowest BCUT2D eigenvalue weighted by molar-refractivity contribution is -0.00505. The standard InChI is InChI=1S/C12H15N5O2/c18-12-3-1-2-6-16(12)17(11-4-5-14-15-11)9-13-10-7-19-8-10/h1-6,10,13H,7-9H2,(H,14,15). The maximum absolute atomic E-state index is 11.9. The van der Waals surface area contributed by atoms with E-state index >= 15 is 0 Å². The number of nitrogens with zero attached hydrogens (tertiary/aromatic N) is 3. The topological polar surface area (TPSA) is 75.2 Å². The number of hydrogen-bond donors (Lipinski definition) is 2. The molecule has 1 aliphatic heterocycles. The van der Waals surface area contributed by atoms with Gasteiger partial charge in [0.05, 0.1) is 32.1 Å². The van der Waals surface area contributed by atoms with Gasteiger partial charge < -0.3 is 4.74 Å². The van der Waals surface area contributed by atoms with E-state index in [2.05, 4.69) is 15.5 Å². The molecule has 2 aromatic rings. The van der Waals surface area contributed by atoms with E-state index in [1.807, 2.05) is 12.1 Å². The summed E-state index contributed by atoms with van der Waals surface area (Å²) in [6, 6.07) is 7.22. The Morgan fingerprint density at radius 3 is 3.00 bits per heavy atom. The molecular formula is C12H15N5O2. The molecule has 0 bridgehead atoms. The zero-order valence-electron chi connectivity index (χ0n) is 10.3. The summed E-state index contributed by atoms with van der Waals surface area (Å²) in [6.07, 6.45) is 3.38. The Morgan fingerprint density at radius 2 is 2.37 bits per heavy atom. The minimum absolute atomic E-state index is 0.0937. The van der Waals surface area contributed by atoms with Crippen LogP contribution in [0.4, 0.5) is 5.82 Å². The van der Waals surface area contributed by atoms with E-state index in [0.29, 0.717) is 25.9 Å². The molecule has 7 heteroatoms. The van der Waals surface area contributed by atoms with Crippen molar-refractivity contribution in [1.29, 1.82) is 0 Å². The Balaban J connectivity index is 1.83. The summed E-state index contributed by atoms with van der Waals surface area (Å²) >= 11 is 0. The number of aromatic amines is 1. The molecule has 0 saturated carbocycles. The average Bonchev–Trinajstić information content (AvgIpc) is 2.87. The third kappa shape index (κ3) is 2.51. The molecule has 1 saturated heterocycles. The van der Waals surface area contributed by atoms with E-state index in [1.54, 1.807) is 28.1 Å². The Bertz CT molecular complexity index is 576. The van der Waals surface area contributed by atoms with Crippen LogP contribution < -0.4 is 15.9 Å². The average molecular weight is 261 g/mol. The first-order chi connectivity index (χ1) is 9.34. The van der Waals surface area contributed by atoms with Crippen molar-refractivity contribution >= 4 is 5.82 Å². The molecule has 3 rings (SSSR count). The van der Waals surface area contributed by atoms with Gasteiger partial charge in [-0.3, -0.25) is 15.2 Å². The number of pyridine rings is 1. The highest BCUT2D eigenvalue weighted by Crippen LogP contribution is 2.08. The molecule has 0 radical (unpaired) electrons. The van der Waals surface area contributed by atoms with Crippen LogP contribution in [0.15, 0.2) is 41.5 Å². The summed E-state index contributed by atoms with van der Waals surface area (Å²) in [7, 11) is 0. The SMILES string of the molecule is O=c1ccccn1N(CNC1COC1)c1ccn[nH]1. The van der Waals surface area contributed by atoms with Crippen molar-refractivity contribution in [3.8, 4) is 0 Å². The maximum atomic E-state index is 11.9. The molecule has 0 aromatic carbocycles. The van der Waals surface area contributed by atoms with Crippen molar-refractivity contribution in [2.45, 2.75) is 6.04 Å². The van der Waals surface area contributed by atoms with E-state index in [4.69, 9.17) is 4.74 Å². The van der Waals surface area contributed by atoms with Gasteiger partial charge >= 0.3 is 0 Å². The largest absolute Gasteiger partial charge is 0.378 e. The molecule has 1 aliphatic rings. The molecule has 7 nitrogen and oxygen atoms in total. The first kappa shape index (κ1) is 11.9. The number of ether oxygens (including phenoxy) is 1. The van der Waals surface area contributed by atoms with Gasteiger partial charge in [-0.2, -0.15) is 5.10 Å². The summed E-state index contributed by atoms with van der Waals surface area (Å²) in [5.41, 5.74) is -0.0937. The van der Waals surface area contributed by atoms with Gasteiger partial charge in [-0.05, 0) is 6.07 Å². The molecular weight excluding hydrogens is 246 g/mol.